The molecule has 0 saturated heterocycles. The van der Waals surface area contributed by atoms with Crippen LogP contribution in [-0.2, 0) is 4.74 Å². The van der Waals surface area contributed by atoms with E-state index in [2.05, 4.69) is 55.4 Å². The zero-order valence-electron chi connectivity index (χ0n) is 17.2. The highest BCUT2D eigenvalue weighted by atomic mass is 32.2. The number of nitrogens with zero attached hydrogens (tertiary/aromatic N) is 1. The summed E-state index contributed by atoms with van der Waals surface area (Å²) in [6.07, 6.45) is -0.329. The van der Waals surface area contributed by atoms with Gasteiger partial charge in [0.15, 0.2) is 0 Å². The first kappa shape index (κ1) is 18.8. The fourth-order valence-electron chi connectivity index (χ4n) is 3.79. The number of hydrogen-bond donors (Lipinski definition) is 0. The van der Waals surface area contributed by atoms with Crippen LogP contribution in [0, 0.1) is 55.4 Å². The summed E-state index contributed by atoms with van der Waals surface area (Å²) in [6.45, 7) is 17.1. The maximum Gasteiger partial charge on any atom is 0.418 e. The van der Waals surface area contributed by atoms with Crippen molar-refractivity contribution in [1.29, 1.82) is 0 Å². The molecule has 0 aliphatic carbocycles. The van der Waals surface area contributed by atoms with Gasteiger partial charge in [-0.25, -0.2) is 9.69 Å². The number of rotatable bonds is 0. The zero-order chi connectivity index (χ0) is 19.5. The van der Waals surface area contributed by atoms with E-state index >= 15 is 0 Å². The number of hydrogen-bond acceptors (Lipinski definition) is 3. The SMILES string of the molecule is COC(=O)N1c2c(C)c(C)c(C)c(C)c2Sc2c(C)c(C)c(C)c(C)c21. The topological polar surface area (TPSA) is 29.5 Å². The van der Waals surface area contributed by atoms with Crippen molar-refractivity contribution >= 4 is 29.2 Å². The summed E-state index contributed by atoms with van der Waals surface area (Å²) in [4.78, 5) is 17.0. The highest BCUT2D eigenvalue weighted by molar-refractivity contribution is 7.99. The molecule has 0 aromatic heterocycles. The standard InChI is InChI=1S/C22H27NO2S/c1-10-12(3)16(7)20-18(14(10)5)23(22(24)25-9)19-15(6)11(2)13(4)17(8)21(19)26-20/h1-9H3. The molecule has 1 amide bonds. The van der Waals surface area contributed by atoms with Crippen molar-refractivity contribution in [2.75, 3.05) is 12.0 Å². The van der Waals surface area contributed by atoms with E-state index in [0.29, 0.717) is 0 Å². The van der Waals surface area contributed by atoms with Gasteiger partial charge in [-0.3, -0.25) is 0 Å². The number of benzene rings is 2. The number of ether oxygens (including phenoxy) is 1. The highest BCUT2D eigenvalue weighted by Gasteiger charge is 2.35. The zero-order valence-corrected chi connectivity index (χ0v) is 18.0. The molecule has 0 unspecified atom stereocenters. The van der Waals surface area contributed by atoms with Crippen molar-refractivity contribution in [3.05, 3.63) is 44.5 Å². The molecule has 0 spiro atoms. The average Bonchev–Trinajstić information content (AvgIpc) is 2.64. The van der Waals surface area contributed by atoms with Gasteiger partial charge in [0.2, 0.25) is 0 Å². The van der Waals surface area contributed by atoms with Gasteiger partial charge in [-0.1, -0.05) is 11.8 Å². The molecule has 3 rings (SSSR count). The monoisotopic (exact) mass is 369 g/mol. The van der Waals surface area contributed by atoms with Crippen molar-refractivity contribution < 1.29 is 9.53 Å². The first-order chi connectivity index (χ1) is 12.1. The molecule has 0 bridgehead atoms. The van der Waals surface area contributed by atoms with Gasteiger partial charge in [0.25, 0.3) is 0 Å². The largest absolute Gasteiger partial charge is 0.452 e. The second-order valence-electron chi connectivity index (χ2n) is 7.26. The number of fused-ring (bicyclic) bond motifs is 2. The number of methoxy groups -OCH3 is 1. The summed E-state index contributed by atoms with van der Waals surface area (Å²) in [5, 5.41) is 0. The molecule has 2 aromatic rings. The second kappa shape index (κ2) is 6.34. The van der Waals surface area contributed by atoms with E-state index in [-0.39, 0.29) is 6.09 Å². The van der Waals surface area contributed by atoms with Crippen LogP contribution in [0.25, 0.3) is 0 Å². The Morgan fingerprint density at radius 2 is 1.00 bits per heavy atom. The normalized spacial score (nSPS) is 12.7. The first-order valence-corrected chi connectivity index (χ1v) is 9.71. The summed E-state index contributed by atoms with van der Waals surface area (Å²) in [5.41, 5.74) is 11.8. The fraction of sp³-hybridized carbons (Fsp3) is 0.409. The molecular formula is C22H27NO2S. The molecule has 1 heterocycles. The molecule has 3 nitrogen and oxygen atoms in total. The predicted octanol–water partition coefficient (Wildman–Crippen LogP) is 6.52. The highest BCUT2D eigenvalue weighted by Crippen LogP contribution is 2.55. The summed E-state index contributed by atoms with van der Waals surface area (Å²) in [5.74, 6) is 0. The lowest BCUT2D eigenvalue weighted by Gasteiger charge is -2.36. The Morgan fingerprint density at radius 1 is 0.654 bits per heavy atom. The smallest absolute Gasteiger partial charge is 0.418 e. The van der Waals surface area contributed by atoms with Gasteiger partial charge in [0, 0.05) is 9.79 Å². The van der Waals surface area contributed by atoms with E-state index in [1.807, 2.05) is 0 Å². The third-order valence-electron chi connectivity index (χ3n) is 6.21. The average molecular weight is 370 g/mol. The third-order valence-corrected chi connectivity index (χ3v) is 7.61. The van der Waals surface area contributed by atoms with E-state index in [1.165, 1.54) is 40.5 Å². The Labute approximate surface area is 160 Å². The van der Waals surface area contributed by atoms with Crippen LogP contribution >= 0.6 is 11.8 Å². The molecule has 0 radical (unpaired) electrons. The summed E-state index contributed by atoms with van der Waals surface area (Å²) in [7, 11) is 1.45. The number of carbonyl (C=O) groups excluding carboxylic acids is 1. The molecule has 4 heteroatoms. The molecule has 0 saturated carbocycles. The van der Waals surface area contributed by atoms with Crippen molar-refractivity contribution in [2.45, 2.75) is 65.2 Å². The van der Waals surface area contributed by atoms with Gasteiger partial charge in [-0.05, 0) is 99.9 Å². The van der Waals surface area contributed by atoms with Gasteiger partial charge in [-0.2, -0.15) is 0 Å². The number of carbonyl (C=O) groups is 1. The second-order valence-corrected chi connectivity index (χ2v) is 8.28. The Balaban J connectivity index is 2.49. The van der Waals surface area contributed by atoms with Crippen LogP contribution in [0.2, 0.25) is 0 Å². The van der Waals surface area contributed by atoms with Crippen molar-refractivity contribution in [3.63, 3.8) is 0 Å². The number of anilines is 2. The quantitative estimate of drug-likeness (QED) is 0.529. The van der Waals surface area contributed by atoms with Crippen molar-refractivity contribution in [1.82, 2.24) is 0 Å². The molecule has 2 aromatic carbocycles. The lowest BCUT2D eigenvalue weighted by Crippen LogP contribution is -2.31. The molecule has 0 N–H and O–H groups in total. The third kappa shape index (κ3) is 2.38. The van der Waals surface area contributed by atoms with E-state index in [4.69, 9.17) is 4.74 Å². The maximum absolute atomic E-state index is 12.9. The first-order valence-electron chi connectivity index (χ1n) is 8.90. The van der Waals surface area contributed by atoms with Gasteiger partial charge in [-0.15, -0.1) is 0 Å². The van der Waals surface area contributed by atoms with Crippen LogP contribution in [0.4, 0.5) is 16.2 Å². The van der Waals surface area contributed by atoms with Crippen LogP contribution in [-0.4, -0.2) is 13.2 Å². The van der Waals surface area contributed by atoms with Gasteiger partial charge < -0.3 is 4.74 Å². The number of amides is 1. The van der Waals surface area contributed by atoms with E-state index in [9.17, 15) is 4.79 Å². The van der Waals surface area contributed by atoms with Crippen LogP contribution < -0.4 is 4.90 Å². The molecule has 0 atom stereocenters. The van der Waals surface area contributed by atoms with Crippen LogP contribution in [0.15, 0.2) is 9.79 Å². The molecular weight excluding hydrogens is 342 g/mol. The van der Waals surface area contributed by atoms with Crippen LogP contribution in [0.3, 0.4) is 0 Å². The maximum atomic E-state index is 12.9. The van der Waals surface area contributed by atoms with E-state index in [1.54, 1.807) is 16.7 Å². The van der Waals surface area contributed by atoms with Gasteiger partial charge >= 0.3 is 6.09 Å². The van der Waals surface area contributed by atoms with Gasteiger partial charge in [0.1, 0.15) is 0 Å². The summed E-state index contributed by atoms with van der Waals surface area (Å²) < 4.78 is 5.21. The summed E-state index contributed by atoms with van der Waals surface area (Å²) >= 11 is 1.79. The van der Waals surface area contributed by atoms with Crippen molar-refractivity contribution in [2.24, 2.45) is 0 Å². The fourth-order valence-corrected chi connectivity index (χ4v) is 5.29. The lowest BCUT2D eigenvalue weighted by atomic mass is 9.94. The molecule has 1 aliphatic rings. The van der Waals surface area contributed by atoms with Crippen molar-refractivity contribution in [3.8, 4) is 0 Å². The minimum Gasteiger partial charge on any atom is -0.452 e. The van der Waals surface area contributed by atoms with Crippen LogP contribution in [0.1, 0.15) is 44.5 Å². The van der Waals surface area contributed by atoms with E-state index < -0.39 is 0 Å². The molecule has 26 heavy (non-hydrogen) atoms. The van der Waals surface area contributed by atoms with Crippen LogP contribution in [0.5, 0.6) is 0 Å². The molecule has 138 valence electrons. The Bertz CT molecular complexity index is 891. The summed E-state index contributed by atoms with van der Waals surface area (Å²) in [6, 6.07) is 0. The Hall–Kier alpha value is -1.94. The lowest BCUT2D eigenvalue weighted by molar-refractivity contribution is 0.181. The predicted molar refractivity (Wildman–Crippen MR) is 109 cm³/mol. The van der Waals surface area contributed by atoms with E-state index in [0.717, 1.165) is 32.3 Å². The Morgan fingerprint density at radius 3 is 1.35 bits per heavy atom. The van der Waals surface area contributed by atoms with Gasteiger partial charge in [0.05, 0.1) is 18.5 Å². The molecule has 0 fully saturated rings. The minimum absolute atomic E-state index is 0.329. The Kier molecular flexibility index (Phi) is 4.60. The molecule has 1 aliphatic heterocycles. The minimum atomic E-state index is -0.329.